The van der Waals surface area contributed by atoms with Crippen LogP contribution >= 0.6 is 0 Å². The van der Waals surface area contributed by atoms with Crippen LogP contribution in [0.5, 0.6) is 0 Å². The van der Waals surface area contributed by atoms with Crippen LogP contribution in [0.4, 0.5) is 22.8 Å². The molecular weight excluding hydrogens is 665 g/mol. The van der Waals surface area contributed by atoms with Gasteiger partial charge in [0, 0.05) is 18.9 Å². The summed E-state index contributed by atoms with van der Waals surface area (Å²) in [6.45, 7) is 7.75. The maximum Gasteiger partial charge on any atom is 0.511 e. The molecule has 1 heterocycles. The first kappa shape index (κ1) is 37.4. The number of ether oxygens (including phenoxy) is 3. The number of hydrogen-bond acceptors (Lipinski definition) is 11. The minimum Gasteiger partial charge on any atom is -0.569 e. The van der Waals surface area contributed by atoms with Crippen molar-refractivity contribution < 1.29 is 55.2 Å². The minimum absolute atomic E-state index is 0.00673. The van der Waals surface area contributed by atoms with E-state index in [4.69, 9.17) is 19.0 Å². The number of halogens is 3. The van der Waals surface area contributed by atoms with Crippen molar-refractivity contribution in [2.45, 2.75) is 64.0 Å². The van der Waals surface area contributed by atoms with Crippen molar-refractivity contribution >= 4 is 22.3 Å². The van der Waals surface area contributed by atoms with Crippen LogP contribution < -0.4 is 4.72 Å². The summed E-state index contributed by atoms with van der Waals surface area (Å²) >= 11 is 0. The maximum atomic E-state index is 13.5. The molecule has 0 saturated carbocycles. The van der Waals surface area contributed by atoms with Crippen LogP contribution in [-0.2, 0) is 35.2 Å². The molecule has 1 atom stereocenters. The molecular formula is C29H35F3N6O9S. The van der Waals surface area contributed by atoms with E-state index in [1.54, 1.807) is 49.8 Å². The van der Waals surface area contributed by atoms with Crippen LogP contribution in [0.1, 0.15) is 45.4 Å². The van der Waals surface area contributed by atoms with E-state index in [1.165, 1.54) is 26.1 Å². The summed E-state index contributed by atoms with van der Waals surface area (Å²) in [5.41, 5.74) is -0.288. The van der Waals surface area contributed by atoms with Gasteiger partial charge in [0.15, 0.2) is 5.69 Å². The number of hydrazine groups is 1. The number of rotatable bonds is 12. The Bertz CT molecular complexity index is 1710. The molecule has 19 heteroatoms. The Morgan fingerprint density at radius 1 is 1.10 bits per heavy atom. The number of aromatic nitrogens is 2. The number of alkyl halides is 3. The second-order valence-corrected chi connectivity index (χ2v) is 12.9. The van der Waals surface area contributed by atoms with Gasteiger partial charge in [0.25, 0.3) is 16.3 Å². The average molecular weight is 701 g/mol. The number of nitrogens with zero attached hydrogens (tertiary/aromatic N) is 5. The normalized spacial score (nSPS) is 13.0. The van der Waals surface area contributed by atoms with E-state index in [0.29, 0.717) is 5.56 Å². The van der Waals surface area contributed by atoms with Crippen LogP contribution in [0.3, 0.4) is 0 Å². The topological polar surface area (TPSA) is 177 Å². The summed E-state index contributed by atoms with van der Waals surface area (Å²) in [7, 11) is -3.09. The first-order chi connectivity index (χ1) is 22.2. The highest BCUT2D eigenvalue weighted by Crippen LogP contribution is 2.33. The zero-order chi connectivity index (χ0) is 35.9. The molecule has 3 aromatic rings. The Morgan fingerprint density at radius 2 is 1.73 bits per heavy atom. The fourth-order valence-electron chi connectivity index (χ4n) is 3.75. The third-order valence-electron chi connectivity index (χ3n) is 6.02. The van der Waals surface area contributed by atoms with E-state index in [1.807, 2.05) is 6.92 Å². The number of carbonyl (C=O) groups is 2. The Kier molecular flexibility index (Phi) is 11.9. The van der Waals surface area contributed by atoms with Crippen molar-refractivity contribution in [3.05, 3.63) is 71.1 Å². The molecule has 0 bridgehead atoms. The molecule has 262 valence electrons. The van der Waals surface area contributed by atoms with Crippen molar-refractivity contribution in [3.8, 4) is 16.9 Å². The summed E-state index contributed by atoms with van der Waals surface area (Å²) in [4.78, 5) is 28.3. The number of benzene rings is 2. The summed E-state index contributed by atoms with van der Waals surface area (Å²) in [5, 5.41) is 20.0. The molecule has 1 unspecified atom stereocenters. The van der Waals surface area contributed by atoms with Crippen LogP contribution in [0.2, 0.25) is 0 Å². The van der Waals surface area contributed by atoms with Crippen molar-refractivity contribution in [3.63, 3.8) is 0 Å². The lowest BCUT2D eigenvalue weighted by Gasteiger charge is -2.20. The van der Waals surface area contributed by atoms with E-state index >= 15 is 0 Å². The molecule has 0 fully saturated rings. The molecule has 2 aromatic carbocycles. The van der Waals surface area contributed by atoms with Crippen molar-refractivity contribution in [2.75, 3.05) is 20.2 Å². The Hall–Kier alpha value is -5.07. The molecule has 0 radical (unpaired) electrons. The Morgan fingerprint density at radius 3 is 2.31 bits per heavy atom. The first-order valence-electron chi connectivity index (χ1n) is 14.2. The first-order valence-corrected chi connectivity index (χ1v) is 15.7. The highest BCUT2D eigenvalue weighted by atomic mass is 32.2. The monoisotopic (exact) mass is 700 g/mol. The van der Waals surface area contributed by atoms with Gasteiger partial charge in [-0.1, -0.05) is 29.8 Å². The van der Waals surface area contributed by atoms with Crippen molar-refractivity contribution in [1.82, 2.24) is 19.5 Å². The van der Waals surface area contributed by atoms with Crippen molar-refractivity contribution in [1.29, 1.82) is 0 Å². The minimum atomic E-state index is -4.72. The van der Waals surface area contributed by atoms with Gasteiger partial charge >= 0.3 is 18.4 Å². The third kappa shape index (κ3) is 11.0. The SMILES string of the molecule is Cc1ccc(-c2cc(C(F)(F)F)nn2-c2ccc(S(=O)(=O)NC(=O)OCCCN(C)/[N+]([O-])=N/OC(C)OC(=O)OC(C)(C)C)cc2)cc1. The molecule has 0 aliphatic rings. The summed E-state index contributed by atoms with van der Waals surface area (Å²) in [6.07, 6.45) is -8.20. The largest absolute Gasteiger partial charge is 0.569 e. The number of hydrogen-bond donors (Lipinski definition) is 1. The van der Waals surface area contributed by atoms with Gasteiger partial charge in [-0.25, -0.2) is 27.4 Å². The lowest BCUT2D eigenvalue weighted by Crippen LogP contribution is -2.32. The van der Waals surface area contributed by atoms with Gasteiger partial charge in [0.2, 0.25) is 5.28 Å². The van der Waals surface area contributed by atoms with Gasteiger partial charge in [-0.05, 0) is 58.0 Å². The number of amides is 1. The van der Waals surface area contributed by atoms with Crippen LogP contribution in [0.25, 0.3) is 16.9 Å². The Labute approximate surface area is 274 Å². The molecule has 15 nitrogen and oxygen atoms in total. The van der Waals surface area contributed by atoms with Crippen LogP contribution in [0, 0.1) is 12.1 Å². The van der Waals surface area contributed by atoms with E-state index < -0.39 is 46.0 Å². The van der Waals surface area contributed by atoms with Gasteiger partial charge in [-0.15, -0.1) is 5.01 Å². The highest BCUT2D eigenvalue weighted by Gasteiger charge is 2.35. The summed E-state index contributed by atoms with van der Waals surface area (Å²) in [6, 6.07) is 12.3. The fourth-order valence-corrected chi connectivity index (χ4v) is 4.65. The molecule has 0 spiro atoms. The number of aryl methyl sites for hydroxylation is 1. The quantitative estimate of drug-likeness (QED) is 0.0611. The zero-order valence-corrected chi connectivity index (χ0v) is 27.7. The fraction of sp³-hybridized carbons (Fsp3) is 0.414. The molecule has 0 aliphatic carbocycles. The second-order valence-electron chi connectivity index (χ2n) is 11.3. The van der Waals surface area contributed by atoms with Crippen LogP contribution in [-0.4, -0.2) is 72.5 Å². The zero-order valence-electron chi connectivity index (χ0n) is 26.8. The van der Waals surface area contributed by atoms with Gasteiger partial charge in [0.05, 0.1) is 41.4 Å². The summed E-state index contributed by atoms with van der Waals surface area (Å²) in [5.74, 6) is 0. The molecule has 1 aromatic heterocycles. The van der Waals surface area contributed by atoms with E-state index in [2.05, 4.69) is 10.4 Å². The van der Waals surface area contributed by atoms with E-state index in [-0.39, 0.29) is 40.8 Å². The lowest BCUT2D eigenvalue weighted by atomic mass is 10.1. The standard InChI is InChI=1S/C29H35F3N6O9S/c1-19-8-10-21(11-9-19)24-18-25(29(30,31)32)33-37(24)22-12-14-23(15-13-22)48(42,43)34-26(39)44-17-7-16-36(6)38(41)35-47-20(2)45-27(40)46-28(3,4)5/h8-15,18,20H,7,16-17H2,1-6H3,(H,34,39)/b38-35-. The van der Waals surface area contributed by atoms with E-state index in [9.17, 15) is 36.4 Å². The predicted octanol–water partition coefficient (Wildman–Crippen LogP) is 5.71. The molecule has 3 rings (SSSR count). The van der Waals surface area contributed by atoms with Gasteiger partial charge in [0.1, 0.15) is 5.60 Å². The number of nitrogens with one attached hydrogen (secondary N) is 1. The van der Waals surface area contributed by atoms with Gasteiger partial charge < -0.3 is 19.4 Å². The molecule has 1 amide bonds. The molecule has 1 N–H and O–H groups in total. The molecule has 0 saturated heterocycles. The van der Waals surface area contributed by atoms with Crippen molar-refractivity contribution in [2.24, 2.45) is 5.28 Å². The van der Waals surface area contributed by atoms with E-state index in [0.717, 1.165) is 33.5 Å². The smallest absolute Gasteiger partial charge is 0.511 e. The predicted molar refractivity (Wildman–Crippen MR) is 162 cm³/mol. The third-order valence-corrected chi connectivity index (χ3v) is 7.35. The molecule has 0 aliphatic heterocycles. The van der Waals surface area contributed by atoms with Crippen LogP contribution in [0.15, 0.2) is 64.8 Å². The second kappa shape index (κ2) is 15.2. The van der Waals surface area contributed by atoms with Gasteiger partial charge in [-0.2, -0.15) is 18.3 Å². The van der Waals surface area contributed by atoms with Gasteiger partial charge in [-0.3, -0.25) is 4.84 Å². The maximum absolute atomic E-state index is 13.5. The number of sulfonamides is 1. The highest BCUT2D eigenvalue weighted by molar-refractivity contribution is 7.90. The summed E-state index contributed by atoms with van der Waals surface area (Å²) < 4.78 is 83.3. The number of carbonyl (C=O) groups excluding carboxylic acids is 2. The molecule has 48 heavy (non-hydrogen) atoms. The lowest BCUT2D eigenvalue weighted by molar-refractivity contribution is -0.707. The Balaban J connectivity index is 1.54. The average Bonchev–Trinajstić information content (AvgIpc) is 3.43.